The molecule has 2 rings (SSSR count). The summed E-state index contributed by atoms with van der Waals surface area (Å²) in [5.74, 6) is 0.144. The number of nitrogens with zero attached hydrogens (tertiary/aromatic N) is 1. The molecule has 0 bridgehead atoms. The molecule has 0 aromatic heterocycles. The van der Waals surface area contributed by atoms with Crippen LogP contribution in [0.2, 0.25) is 0 Å². The maximum atomic E-state index is 12.3. The molecule has 6 heteroatoms. The summed E-state index contributed by atoms with van der Waals surface area (Å²) >= 11 is 0. The number of hydrogen-bond acceptors (Lipinski definition) is 5. The number of benzene rings is 1. The largest absolute Gasteiger partial charge is 0.380 e. The second kappa shape index (κ2) is 7.35. The quantitative estimate of drug-likeness (QED) is 0.849. The number of likely N-dealkylation sites (tertiary alicyclic amines) is 1. The Morgan fingerprint density at radius 2 is 2.05 bits per heavy atom. The number of hydrogen-bond donors (Lipinski definition) is 1. The van der Waals surface area contributed by atoms with Crippen molar-refractivity contribution >= 4 is 9.84 Å². The molecular formula is C15H24N2O3S. The summed E-state index contributed by atoms with van der Waals surface area (Å²) in [6.07, 6.45) is 2.34. The first-order valence-electron chi connectivity index (χ1n) is 7.32. The summed E-state index contributed by atoms with van der Waals surface area (Å²) in [6, 6.07) is 6.83. The molecule has 21 heavy (non-hydrogen) atoms. The van der Waals surface area contributed by atoms with Gasteiger partial charge < -0.3 is 10.5 Å². The molecule has 1 atom stereocenters. The second-order valence-electron chi connectivity index (χ2n) is 5.47. The molecule has 1 aliphatic heterocycles. The zero-order valence-electron chi connectivity index (χ0n) is 12.5. The molecule has 0 saturated carbocycles. The molecule has 0 amide bonds. The van der Waals surface area contributed by atoms with Crippen molar-refractivity contribution < 1.29 is 13.2 Å². The summed E-state index contributed by atoms with van der Waals surface area (Å²) in [6.45, 7) is 2.74. The zero-order chi connectivity index (χ0) is 15.3. The van der Waals surface area contributed by atoms with Gasteiger partial charge in [0.05, 0.1) is 16.8 Å². The van der Waals surface area contributed by atoms with Crippen LogP contribution in [-0.4, -0.2) is 51.9 Å². The molecular weight excluding hydrogens is 288 g/mol. The molecule has 0 radical (unpaired) electrons. The van der Waals surface area contributed by atoms with Crippen molar-refractivity contribution in [3.8, 4) is 0 Å². The highest BCUT2D eigenvalue weighted by molar-refractivity contribution is 7.91. The van der Waals surface area contributed by atoms with Crippen molar-refractivity contribution in [1.82, 2.24) is 4.90 Å². The van der Waals surface area contributed by atoms with E-state index in [9.17, 15) is 8.42 Å². The molecule has 1 heterocycles. The van der Waals surface area contributed by atoms with Gasteiger partial charge in [-0.15, -0.1) is 0 Å². The first-order chi connectivity index (χ1) is 10.0. The Morgan fingerprint density at radius 1 is 1.33 bits per heavy atom. The third kappa shape index (κ3) is 4.51. The predicted octanol–water partition coefficient (Wildman–Crippen LogP) is 1.03. The van der Waals surface area contributed by atoms with Gasteiger partial charge in [-0.3, -0.25) is 4.90 Å². The molecule has 1 fully saturated rings. The summed E-state index contributed by atoms with van der Waals surface area (Å²) in [5, 5.41) is 0. The average Bonchev–Trinajstić information content (AvgIpc) is 2.53. The number of nitrogens with two attached hydrogens (primary N) is 1. The highest BCUT2D eigenvalue weighted by Gasteiger charge is 2.22. The first-order valence-corrected chi connectivity index (χ1v) is 8.97. The number of piperidine rings is 1. The Morgan fingerprint density at radius 3 is 2.67 bits per heavy atom. The molecule has 1 unspecified atom stereocenters. The van der Waals surface area contributed by atoms with Crippen LogP contribution in [0.25, 0.3) is 0 Å². The molecule has 1 aromatic rings. The average molecular weight is 312 g/mol. The van der Waals surface area contributed by atoms with E-state index in [1.54, 1.807) is 31.4 Å². The molecule has 2 N–H and O–H groups in total. The Labute approximate surface area is 127 Å². The van der Waals surface area contributed by atoms with Crippen molar-refractivity contribution in [1.29, 1.82) is 0 Å². The summed E-state index contributed by atoms with van der Waals surface area (Å²) in [5.41, 5.74) is 6.46. The topological polar surface area (TPSA) is 72.6 Å². The molecule has 5 nitrogen and oxygen atoms in total. The van der Waals surface area contributed by atoms with Crippen LogP contribution in [0.5, 0.6) is 0 Å². The van der Waals surface area contributed by atoms with E-state index in [1.165, 1.54) is 0 Å². The van der Waals surface area contributed by atoms with Crippen LogP contribution in [0.3, 0.4) is 0 Å². The third-order valence-electron chi connectivity index (χ3n) is 3.99. The standard InChI is InChI=1S/C15H24N2O3S/c1-20-14-3-2-8-17(12-14)9-10-21(18,19)15-6-4-13(11-16)5-7-15/h4-7,14H,2-3,8-12,16H2,1H3. The SMILES string of the molecule is COC1CCCN(CCS(=O)(=O)c2ccc(CN)cc2)C1. The van der Waals surface area contributed by atoms with Gasteiger partial charge in [0.2, 0.25) is 0 Å². The Kier molecular flexibility index (Phi) is 5.75. The number of ether oxygens (including phenoxy) is 1. The van der Waals surface area contributed by atoms with E-state index < -0.39 is 9.84 Å². The lowest BCUT2D eigenvalue weighted by Crippen LogP contribution is -2.41. The minimum Gasteiger partial charge on any atom is -0.380 e. The van der Waals surface area contributed by atoms with Crippen molar-refractivity contribution in [3.05, 3.63) is 29.8 Å². The Balaban J connectivity index is 1.94. The van der Waals surface area contributed by atoms with E-state index in [-0.39, 0.29) is 11.9 Å². The van der Waals surface area contributed by atoms with E-state index in [2.05, 4.69) is 4.90 Å². The van der Waals surface area contributed by atoms with E-state index in [0.717, 1.165) is 31.5 Å². The van der Waals surface area contributed by atoms with Crippen molar-refractivity contribution in [2.24, 2.45) is 5.73 Å². The fourth-order valence-corrected chi connectivity index (χ4v) is 3.89. The smallest absolute Gasteiger partial charge is 0.179 e. The lowest BCUT2D eigenvalue weighted by Gasteiger charge is -2.31. The lowest BCUT2D eigenvalue weighted by atomic mass is 10.1. The summed E-state index contributed by atoms with van der Waals surface area (Å²) < 4.78 is 30.0. The van der Waals surface area contributed by atoms with Crippen LogP contribution in [0.15, 0.2) is 29.2 Å². The highest BCUT2D eigenvalue weighted by atomic mass is 32.2. The van der Waals surface area contributed by atoms with Gasteiger partial charge >= 0.3 is 0 Å². The van der Waals surface area contributed by atoms with E-state index in [0.29, 0.717) is 18.0 Å². The number of methoxy groups -OCH3 is 1. The van der Waals surface area contributed by atoms with E-state index >= 15 is 0 Å². The molecule has 0 aliphatic carbocycles. The van der Waals surface area contributed by atoms with Crippen LogP contribution in [0, 0.1) is 0 Å². The molecule has 1 saturated heterocycles. The highest BCUT2D eigenvalue weighted by Crippen LogP contribution is 2.15. The van der Waals surface area contributed by atoms with Crippen molar-refractivity contribution in [3.63, 3.8) is 0 Å². The summed E-state index contributed by atoms with van der Waals surface area (Å²) in [4.78, 5) is 2.55. The fraction of sp³-hybridized carbons (Fsp3) is 0.600. The Hall–Kier alpha value is -0.950. The fourth-order valence-electron chi connectivity index (χ4n) is 2.61. The van der Waals surface area contributed by atoms with Gasteiger partial charge in [0.15, 0.2) is 9.84 Å². The molecule has 1 aliphatic rings. The van der Waals surface area contributed by atoms with E-state index in [1.807, 2.05) is 0 Å². The van der Waals surface area contributed by atoms with Crippen LogP contribution in [0.1, 0.15) is 18.4 Å². The molecule has 0 spiro atoms. The summed E-state index contributed by atoms with van der Waals surface area (Å²) in [7, 11) is -1.52. The van der Waals surface area contributed by atoms with E-state index in [4.69, 9.17) is 10.5 Å². The van der Waals surface area contributed by atoms with Crippen LogP contribution < -0.4 is 5.73 Å². The predicted molar refractivity (Wildman–Crippen MR) is 82.9 cm³/mol. The van der Waals surface area contributed by atoms with Gasteiger partial charge in [-0.25, -0.2) is 8.42 Å². The normalized spacial score (nSPS) is 20.6. The molecule has 118 valence electrons. The van der Waals surface area contributed by atoms with Gasteiger partial charge in [0.25, 0.3) is 0 Å². The zero-order valence-corrected chi connectivity index (χ0v) is 13.3. The molecule has 1 aromatic carbocycles. The van der Waals surface area contributed by atoms with Gasteiger partial charge in [-0.2, -0.15) is 0 Å². The maximum absolute atomic E-state index is 12.3. The number of sulfone groups is 1. The van der Waals surface area contributed by atoms with Gasteiger partial charge in [0, 0.05) is 26.7 Å². The minimum absolute atomic E-state index is 0.144. The minimum atomic E-state index is -3.23. The van der Waals surface area contributed by atoms with Crippen LogP contribution in [0.4, 0.5) is 0 Å². The van der Waals surface area contributed by atoms with Crippen LogP contribution >= 0.6 is 0 Å². The monoisotopic (exact) mass is 312 g/mol. The van der Waals surface area contributed by atoms with Gasteiger partial charge in [-0.05, 0) is 37.1 Å². The Bertz CT molecular complexity index is 543. The van der Waals surface area contributed by atoms with Gasteiger partial charge in [-0.1, -0.05) is 12.1 Å². The first kappa shape index (κ1) is 16.4. The van der Waals surface area contributed by atoms with Crippen molar-refractivity contribution in [2.75, 3.05) is 32.5 Å². The van der Waals surface area contributed by atoms with Crippen molar-refractivity contribution in [2.45, 2.75) is 30.4 Å². The van der Waals surface area contributed by atoms with Gasteiger partial charge in [0.1, 0.15) is 0 Å². The third-order valence-corrected chi connectivity index (χ3v) is 5.70. The second-order valence-corrected chi connectivity index (χ2v) is 7.58. The lowest BCUT2D eigenvalue weighted by molar-refractivity contribution is 0.0337. The number of rotatable bonds is 6. The maximum Gasteiger partial charge on any atom is 0.179 e. The van der Waals surface area contributed by atoms with Crippen LogP contribution in [-0.2, 0) is 21.1 Å².